The van der Waals surface area contributed by atoms with Gasteiger partial charge in [0.1, 0.15) is 11.6 Å². The van der Waals surface area contributed by atoms with Crippen LogP contribution in [0.25, 0.3) is 5.69 Å². The molecule has 1 unspecified atom stereocenters. The molecule has 1 aliphatic rings. The van der Waals surface area contributed by atoms with E-state index < -0.39 is 0 Å². The summed E-state index contributed by atoms with van der Waals surface area (Å²) in [4.78, 5) is 16.6. The topological polar surface area (TPSA) is 80.0 Å². The van der Waals surface area contributed by atoms with Crippen molar-refractivity contribution >= 4 is 5.91 Å². The molecule has 1 fully saturated rings. The first-order chi connectivity index (χ1) is 11.1. The van der Waals surface area contributed by atoms with Gasteiger partial charge in [-0.05, 0) is 63.3 Å². The summed E-state index contributed by atoms with van der Waals surface area (Å²) in [6, 6.07) is 7.41. The highest BCUT2D eigenvalue weighted by Gasteiger charge is 2.31. The summed E-state index contributed by atoms with van der Waals surface area (Å²) < 4.78 is 1.76. The van der Waals surface area contributed by atoms with Gasteiger partial charge >= 0.3 is 0 Å². The van der Waals surface area contributed by atoms with Crippen molar-refractivity contribution in [1.82, 2.24) is 20.1 Å². The Hall–Kier alpha value is -2.21. The fraction of sp³-hybridized carbons (Fsp3) is 0.471. The van der Waals surface area contributed by atoms with E-state index in [2.05, 4.69) is 15.4 Å². The lowest BCUT2D eigenvalue weighted by molar-refractivity contribution is 0.0924. The summed E-state index contributed by atoms with van der Waals surface area (Å²) in [6.07, 6.45) is 2.88. The van der Waals surface area contributed by atoms with Gasteiger partial charge in [0.2, 0.25) is 0 Å². The lowest BCUT2D eigenvalue weighted by atomic mass is 10.1. The highest BCUT2D eigenvalue weighted by Crippen LogP contribution is 2.34. The highest BCUT2D eigenvalue weighted by atomic mass is 16.3. The lowest BCUT2D eigenvalue weighted by Crippen LogP contribution is -2.37. The van der Waals surface area contributed by atoms with Crippen LogP contribution >= 0.6 is 0 Å². The SMILES string of the molecule is Cc1nc(C)n(-c2ccc(C(=O)NC(CCO)C3CC3)cc2)n1. The molecule has 0 radical (unpaired) electrons. The van der Waals surface area contributed by atoms with Gasteiger partial charge in [-0.3, -0.25) is 4.79 Å². The number of hydrogen-bond acceptors (Lipinski definition) is 4. The van der Waals surface area contributed by atoms with Crippen LogP contribution in [0, 0.1) is 19.8 Å². The van der Waals surface area contributed by atoms with Crippen LogP contribution in [-0.4, -0.2) is 38.4 Å². The van der Waals surface area contributed by atoms with E-state index in [4.69, 9.17) is 5.11 Å². The number of aliphatic hydroxyl groups excluding tert-OH is 1. The van der Waals surface area contributed by atoms with E-state index in [0.717, 1.165) is 30.2 Å². The molecule has 122 valence electrons. The van der Waals surface area contributed by atoms with Crippen LogP contribution < -0.4 is 5.32 Å². The maximum Gasteiger partial charge on any atom is 0.251 e. The molecule has 2 N–H and O–H groups in total. The smallest absolute Gasteiger partial charge is 0.251 e. The molecule has 23 heavy (non-hydrogen) atoms. The van der Waals surface area contributed by atoms with Gasteiger partial charge in [-0.2, -0.15) is 5.10 Å². The van der Waals surface area contributed by atoms with Crippen LogP contribution in [0.4, 0.5) is 0 Å². The van der Waals surface area contributed by atoms with Gasteiger partial charge in [0.15, 0.2) is 0 Å². The Labute approximate surface area is 135 Å². The Bertz CT molecular complexity index is 689. The molecule has 1 aromatic carbocycles. The largest absolute Gasteiger partial charge is 0.396 e. The van der Waals surface area contributed by atoms with Crippen LogP contribution in [0.15, 0.2) is 24.3 Å². The molecule has 0 saturated heterocycles. The monoisotopic (exact) mass is 314 g/mol. The number of amides is 1. The van der Waals surface area contributed by atoms with Crippen molar-refractivity contribution < 1.29 is 9.90 Å². The molecule has 6 nitrogen and oxygen atoms in total. The zero-order chi connectivity index (χ0) is 16.4. The number of carbonyl (C=O) groups is 1. The number of nitrogens with zero attached hydrogens (tertiary/aromatic N) is 3. The van der Waals surface area contributed by atoms with Crippen LogP contribution in [0.5, 0.6) is 0 Å². The molecular formula is C17H22N4O2. The number of benzene rings is 1. The third-order valence-corrected chi connectivity index (χ3v) is 4.20. The second kappa shape index (κ2) is 6.50. The average molecular weight is 314 g/mol. The molecule has 6 heteroatoms. The van der Waals surface area contributed by atoms with Crippen molar-refractivity contribution in [2.24, 2.45) is 5.92 Å². The fourth-order valence-electron chi connectivity index (χ4n) is 2.83. The van der Waals surface area contributed by atoms with Gasteiger partial charge in [-0.1, -0.05) is 0 Å². The molecule has 1 amide bonds. The van der Waals surface area contributed by atoms with Crippen LogP contribution in [0.1, 0.15) is 41.3 Å². The zero-order valence-corrected chi connectivity index (χ0v) is 13.5. The van der Waals surface area contributed by atoms with E-state index in [1.165, 1.54) is 0 Å². The molecule has 0 spiro atoms. The van der Waals surface area contributed by atoms with E-state index in [-0.39, 0.29) is 18.6 Å². The molecule has 1 atom stereocenters. The number of rotatable bonds is 6. The standard InChI is InChI=1S/C17H22N4O2/c1-11-18-12(2)21(20-11)15-7-5-14(6-8-15)17(23)19-16(9-10-22)13-3-4-13/h5-8,13,16,22H,3-4,9-10H2,1-2H3,(H,19,23). The third kappa shape index (κ3) is 3.59. The first-order valence-corrected chi connectivity index (χ1v) is 8.01. The first-order valence-electron chi connectivity index (χ1n) is 8.01. The van der Waals surface area contributed by atoms with Gasteiger partial charge in [0.05, 0.1) is 5.69 Å². The summed E-state index contributed by atoms with van der Waals surface area (Å²) in [6.45, 7) is 3.85. The first kappa shape index (κ1) is 15.7. The molecule has 1 heterocycles. The minimum atomic E-state index is -0.0895. The quantitative estimate of drug-likeness (QED) is 0.851. The summed E-state index contributed by atoms with van der Waals surface area (Å²) in [7, 11) is 0. The molecule has 1 saturated carbocycles. The average Bonchev–Trinajstić information content (AvgIpc) is 3.32. The maximum atomic E-state index is 12.4. The molecule has 1 aliphatic carbocycles. The predicted octanol–water partition coefficient (Wildman–Crippen LogP) is 1.77. The molecule has 1 aromatic heterocycles. The molecule has 0 aliphatic heterocycles. The Morgan fingerprint density at radius 1 is 1.35 bits per heavy atom. The summed E-state index contributed by atoms with van der Waals surface area (Å²) >= 11 is 0. The normalized spacial score (nSPS) is 15.4. The Morgan fingerprint density at radius 2 is 2.04 bits per heavy atom. The number of aliphatic hydroxyl groups is 1. The third-order valence-electron chi connectivity index (χ3n) is 4.20. The van der Waals surface area contributed by atoms with Crippen molar-refractivity contribution in [2.45, 2.75) is 39.2 Å². The molecular weight excluding hydrogens is 292 g/mol. The fourth-order valence-corrected chi connectivity index (χ4v) is 2.83. The van der Waals surface area contributed by atoms with Crippen molar-refractivity contribution in [3.63, 3.8) is 0 Å². The van der Waals surface area contributed by atoms with Crippen LogP contribution in [-0.2, 0) is 0 Å². The van der Waals surface area contributed by atoms with E-state index in [1.54, 1.807) is 16.8 Å². The number of aryl methyl sites for hydroxylation is 2. The summed E-state index contributed by atoms with van der Waals surface area (Å²) in [5.74, 6) is 1.97. The molecule has 2 aromatic rings. The van der Waals surface area contributed by atoms with Gasteiger partial charge < -0.3 is 10.4 Å². The zero-order valence-electron chi connectivity index (χ0n) is 13.5. The molecule has 3 rings (SSSR count). The van der Waals surface area contributed by atoms with Crippen LogP contribution in [0.3, 0.4) is 0 Å². The Balaban J connectivity index is 1.71. The van der Waals surface area contributed by atoms with Gasteiger partial charge in [-0.15, -0.1) is 0 Å². The van der Waals surface area contributed by atoms with Crippen molar-refractivity contribution in [3.8, 4) is 5.69 Å². The second-order valence-corrected chi connectivity index (χ2v) is 6.09. The van der Waals surface area contributed by atoms with Crippen molar-refractivity contribution in [2.75, 3.05) is 6.61 Å². The lowest BCUT2D eigenvalue weighted by Gasteiger charge is -2.17. The summed E-state index contributed by atoms with van der Waals surface area (Å²) in [5.41, 5.74) is 1.50. The number of carbonyl (C=O) groups excluding carboxylic acids is 1. The van der Waals surface area contributed by atoms with Crippen molar-refractivity contribution in [3.05, 3.63) is 41.5 Å². The molecule has 0 bridgehead atoms. The van der Waals surface area contributed by atoms with Gasteiger partial charge in [0, 0.05) is 18.2 Å². The number of hydrogen-bond donors (Lipinski definition) is 2. The van der Waals surface area contributed by atoms with Gasteiger partial charge in [-0.25, -0.2) is 9.67 Å². The van der Waals surface area contributed by atoms with E-state index in [0.29, 0.717) is 17.9 Å². The minimum Gasteiger partial charge on any atom is -0.396 e. The number of aromatic nitrogens is 3. The number of nitrogens with one attached hydrogen (secondary N) is 1. The predicted molar refractivity (Wildman–Crippen MR) is 86.5 cm³/mol. The van der Waals surface area contributed by atoms with E-state index >= 15 is 0 Å². The highest BCUT2D eigenvalue weighted by molar-refractivity contribution is 5.94. The van der Waals surface area contributed by atoms with E-state index in [9.17, 15) is 4.79 Å². The maximum absolute atomic E-state index is 12.4. The summed E-state index contributed by atoms with van der Waals surface area (Å²) in [5, 5.41) is 16.5. The van der Waals surface area contributed by atoms with Crippen LogP contribution in [0.2, 0.25) is 0 Å². The Morgan fingerprint density at radius 3 is 2.57 bits per heavy atom. The second-order valence-electron chi connectivity index (χ2n) is 6.09. The Kier molecular flexibility index (Phi) is 4.43. The van der Waals surface area contributed by atoms with Crippen molar-refractivity contribution in [1.29, 1.82) is 0 Å². The van der Waals surface area contributed by atoms with Gasteiger partial charge in [0.25, 0.3) is 5.91 Å². The minimum absolute atomic E-state index is 0.0763. The van der Waals surface area contributed by atoms with E-state index in [1.807, 2.05) is 26.0 Å².